The van der Waals surface area contributed by atoms with E-state index in [4.69, 9.17) is 0 Å². The van der Waals surface area contributed by atoms with E-state index < -0.39 is 0 Å². The Morgan fingerprint density at radius 2 is 2.08 bits per heavy atom. The predicted molar refractivity (Wildman–Crippen MR) is 94.5 cm³/mol. The lowest BCUT2D eigenvalue weighted by Crippen LogP contribution is -2.40. The Hall–Kier alpha value is -2.11. The Balaban J connectivity index is 1.99. The third-order valence-corrected chi connectivity index (χ3v) is 4.22. The summed E-state index contributed by atoms with van der Waals surface area (Å²) in [7, 11) is 0. The number of guanidine groups is 1. The lowest BCUT2D eigenvalue weighted by molar-refractivity contribution is -0.128. The van der Waals surface area contributed by atoms with Crippen molar-refractivity contribution in [1.29, 1.82) is 0 Å². The van der Waals surface area contributed by atoms with Crippen LogP contribution >= 0.6 is 0 Å². The first-order chi connectivity index (χ1) is 11.5. The number of rotatable bonds is 5. The predicted octanol–water partition coefficient (Wildman–Crippen LogP) is 2.37. The summed E-state index contributed by atoms with van der Waals surface area (Å²) in [6.07, 6.45) is 2.15. The van der Waals surface area contributed by atoms with Crippen LogP contribution in [0, 0.1) is 12.7 Å². The first-order valence-electron chi connectivity index (χ1n) is 8.60. The van der Waals surface area contributed by atoms with Gasteiger partial charge in [0.1, 0.15) is 12.4 Å². The SMILES string of the molecule is CCNC(=NCC(=O)N1CCCC1)NC(C)c1ccc(C)c(F)c1. The van der Waals surface area contributed by atoms with Gasteiger partial charge in [0.2, 0.25) is 5.91 Å². The van der Waals surface area contributed by atoms with Gasteiger partial charge in [0.25, 0.3) is 0 Å². The van der Waals surface area contributed by atoms with E-state index in [-0.39, 0.29) is 24.3 Å². The van der Waals surface area contributed by atoms with Gasteiger partial charge in [-0.05, 0) is 50.8 Å². The van der Waals surface area contributed by atoms with Crippen LogP contribution in [0.1, 0.15) is 43.9 Å². The van der Waals surface area contributed by atoms with Crippen molar-refractivity contribution in [3.63, 3.8) is 0 Å². The van der Waals surface area contributed by atoms with E-state index in [0.717, 1.165) is 31.5 Å². The van der Waals surface area contributed by atoms with Gasteiger partial charge < -0.3 is 15.5 Å². The zero-order chi connectivity index (χ0) is 17.5. The number of amides is 1. The fraction of sp³-hybridized carbons (Fsp3) is 0.556. The normalized spacial score (nSPS) is 16.2. The molecule has 2 rings (SSSR count). The first-order valence-corrected chi connectivity index (χ1v) is 8.60. The molecule has 5 nitrogen and oxygen atoms in total. The number of halogens is 1. The van der Waals surface area contributed by atoms with Crippen molar-refractivity contribution >= 4 is 11.9 Å². The van der Waals surface area contributed by atoms with Gasteiger partial charge in [0, 0.05) is 19.6 Å². The molecule has 0 spiro atoms. The highest BCUT2D eigenvalue weighted by Crippen LogP contribution is 2.16. The number of aliphatic imine (C=N–C) groups is 1. The second-order valence-corrected chi connectivity index (χ2v) is 6.16. The average Bonchev–Trinajstić information content (AvgIpc) is 3.09. The minimum atomic E-state index is -0.215. The highest BCUT2D eigenvalue weighted by molar-refractivity contribution is 5.85. The van der Waals surface area contributed by atoms with Crippen LogP contribution in [0.5, 0.6) is 0 Å². The molecule has 6 heteroatoms. The molecule has 2 N–H and O–H groups in total. The van der Waals surface area contributed by atoms with Gasteiger partial charge in [-0.1, -0.05) is 12.1 Å². The minimum absolute atomic E-state index is 0.0544. The number of carbonyl (C=O) groups is 1. The molecular weight excluding hydrogens is 307 g/mol. The summed E-state index contributed by atoms with van der Waals surface area (Å²) in [5.74, 6) is 0.407. The van der Waals surface area contributed by atoms with Crippen molar-refractivity contribution in [1.82, 2.24) is 15.5 Å². The highest BCUT2D eigenvalue weighted by atomic mass is 19.1. The van der Waals surface area contributed by atoms with Crippen molar-refractivity contribution < 1.29 is 9.18 Å². The summed E-state index contributed by atoms with van der Waals surface area (Å²) in [5.41, 5.74) is 1.47. The number of nitrogens with zero attached hydrogens (tertiary/aromatic N) is 2. The summed E-state index contributed by atoms with van der Waals surface area (Å²) in [6, 6.07) is 5.09. The maximum atomic E-state index is 13.7. The van der Waals surface area contributed by atoms with Crippen molar-refractivity contribution in [2.75, 3.05) is 26.2 Å². The monoisotopic (exact) mass is 334 g/mol. The summed E-state index contributed by atoms with van der Waals surface area (Å²) in [6.45, 7) is 8.14. The maximum Gasteiger partial charge on any atom is 0.244 e. The van der Waals surface area contributed by atoms with Crippen molar-refractivity contribution in [3.05, 3.63) is 35.1 Å². The Morgan fingerprint density at radius 1 is 1.38 bits per heavy atom. The van der Waals surface area contributed by atoms with E-state index in [9.17, 15) is 9.18 Å². The van der Waals surface area contributed by atoms with Crippen LogP contribution in [0.3, 0.4) is 0 Å². The third kappa shape index (κ3) is 4.94. The molecule has 1 aromatic carbocycles. The Bertz CT molecular complexity index is 597. The summed E-state index contributed by atoms with van der Waals surface area (Å²) >= 11 is 0. The summed E-state index contributed by atoms with van der Waals surface area (Å²) in [5, 5.41) is 6.36. The topological polar surface area (TPSA) is 56.7 Å². The van der Waals surface area contributed by atoms with Crippen LogP contribution in [0.15, 0.2) is 23.2 Å². The zero-order valence-corrected chi connectivity index (χ0v) is 14.7. The molecule has 1 heterocycles. The standard InChI is InChI=1S/C18H27FN4O/c1-4-20-18(21-12-17(24)23-9-5-6-10-23)22-14(3)15-8-7-13(2)16(19)11-15/h7-8,11,14H,4-6,9-10,12H2,1-3H3,(H2,20,21,22). The van der Waals surface area contributed by atoms with Crippen LogP contribution in [0.25, 0.3) is 0 Å². The summed E-state index contributed by atoms with van der Waals surface area (Å²) < 4.78 is 13.7. The molecule has 0 radical (unpaired) electrons. The number of hydrogen-bond acceptors (Lipinski definition) is 2. The van der Waals surface area contributed by atoms with Gasteiger partial charge in [-0.15, -0.1) is 0 Å². The number of likely N-dealkylation sites (tertiary alicyclic amines) is 1. The van der Waals surface area contributed by atoms with Crippen LogP contribution in [0.4, 0.5) is 4.39 Å². The molecule has 132 valence electrons. The van der Waals surface area contributed by atoms with E-state index in [1.54, 1.807) is 13.0 Å². The smallest absolute Gasteiger partial charge is 0.244 e. The van der Waals surface area contributed by atoms with E-state index in [0.29, 0.717) is 18.1 Å². The fourth-order valence-electron chi connectivity index (χ4n) is 2.70. The number of nitrogens with one attached hydrogen (secondary N) is 2. The van der Waals surface area contributed by atoms with Crippen molar-refractivity contribution in [3.8, 4) is 0 Å². The summed E-state index contributed by atoms with van der Waals surface area (Å²) in [4.78, 5) is 18.3. The molecule has 0 saturated carbocycles. The van der Waals surface area contributed by atoms with E-state index >= 15 is 0 Å². The van der Waals surface area contributed by atoms with Crippen LogP contribution in [-0.2, 0) is 4.79 Å². The minimum Gasteiger partial charge on any atom is -0.357 e. The quantitative estimate of drug-likeness (QED) is 0.642. The van der Waals surface area contributed by atoms with E-state index in [1.807, 2.05) is 24.8 Å². The van der Waals surface area contributed by atoms with Gasteiger partial charge in [0.05, 0.1) is 6.04 Å². The van der Waals surface area contributed by atoms with Crippen LogP contribution in [-0.4, -0.2) is 42.9 Å². The van der Waals surface area contributed by atoms with Gasteiger partial charge in [-0.3, -0.25) is 4.79 Å². The molecular formula is C18H27FN4O. The second kappa shape index (κ2) is 8.66. The van der Waals surface area contributed by atoms with Crippen molar-refractivity contribution in [2.24, 2.45) is 4.99 Å². The molecule has 1 unspecified atom stereocenters. The molecule has 1 saturated heterocycles. The number of carbonyl (C=O) groups excluding carboxylic acids is 1. The Labute approximate surface area is 143 Å². The molecule has 0 aliphatic carbocycles. The average molecular weight is 334 g/mol. The second-order valence-electron chi connectivity index (χ2n) is 6.16. The maximum absolute atomic E-state index is 13.7. The Kier molecular flexibility index (Phi) is 6.58. The first kappa shape index (κ1) is 18.2. The van der Waals surface area contributed by atoms with Crippen molar-refractivity contribution in [2.45, 2.75) is 39.7 Å². The fourth-order valence-corrected chi connectivity index (χ4v) is 2.70. The van der Waals surface area contributed by atoms with Crippen LogP contribution < -0.4 is 10.6 Å². The van der Waals surface area contributed by atoms with E-state index in [1.165, 1.54) is 6.07 Å². The van der Waals surface area contributed by atoms with Crippen LogP contribution in [0.2, 0.25) is 0 Å². The number of hydrogen-bond donors (Lipinski definition) is 2. The molecule has 1 aliphatic heterocycles. The van der Waals surface area contributed by atoms with Gasteiger partial charge >= 0.3 is 0 Å². The number of aryl methyl sites for hydroxylation is 1. The molecule has 1 aliphatic rings. The van der Waals surface area contributed by atoms with Gasteiger partial charge in [-0.25, -0.2) is 9.38 Å². The molecule has 1 atom stereocenters. The molecule has 1 amide bonds. The lowest BCUT2D eigenvalue weighted by atomic mass is 10.1. The zero-order valence-electron chi connectivity index (χ0n) is 14.7. The highest BCUT2D eigenvalue weighted by Gasteiger charge is 2.17. The molecule has 0 bridgehead atoms. The molecule has 0 aromatic heterocycles. The van der Waals surface area contributed by atoms with E-state index in [2.05, 4.69) is 15.6 Å². The lowest BCUT2D eigenvalue weighted by Gasteiger charge is -2.19. The number of benzene rings is 1. The molecule has 24 heavy (non-hydrogen) atoms. The third-order valence-electron chi connectivity index (χ3n) is 4.22. The van der Waals surface area contributed by atoms with Gasteiger partial charge in [-0.2, -0.15) is 0 Å². The molecule has 1 fully saturated rings. The molecule has 1 aromatic rings. The Morgan fingerprint density at radius 3 is 2.71 bits per heavy atom. The largest absolute Gasteiger partial charge is 0.357 e. The van der Waals surface area contributed by atoms with Gasteiger partial charge in [0.15, 0.2) is 5.96 Å².